The molecule has 20 heavy (non-hydrogen) atoms. The normalized spacial score (nSPS) is 12.4. The Kier molecular flexibility index (Phi) is 4.56. The number of benzene rings is 1. The highest BCUT2D eigenvalue weighted by molar-refractivity contribution is 5.76. The van der Waals surface area contributed by atoms with Gasteiger partial charge in [0.15, 0.2) is 6.29 Å². The number of carbonyl (C=O) groups excluding carboxylic acids is 1. The molecule has 0 spiro atoms. The minimum absolute atomic E-state index is 0.461. The van der Waals surface area contributed by atoms with Gasteiger partial charge >= 0.3 is 0 Å². The lowest BCUT2D eigenvalue weighted by molar-refractivity contribution is 0.112. The molecule has 102 valence electrons. The van der Waals surface area contributed by atoms with E-state index in [1.807, 2.05) is 43.3 Å². The molecular weight excluding hydrogens is 250 g/mol. The molecule has 0 amide bonds. The third kappa shape index (κ3) is 3.26. The molecule has 3 heteroatoms. The highest BCUT2D eigenvalue weighted by Crippen LogP contribution is 2.05. The zero-order valence-electron chi connectivity index (χ0n) is 11.4. The first kappa shape index (κ1) is 13.9. The summed E-state index contributed by atoms with van der Waals surface area (Å²) in [7, 11) is 0. The molecule has 0 fully saturated rings. The molecule has 1 N–H and O–H groups in total. The van der Waals surface area contributed by atoms with E-state index in [2.05, 4.69) is 11.6 Å². The Morgan fingerprint density at radius 1 is 1.35 bits per heavy atom. The molecule has 0 atom stereocenters. The number of hydrogen-bond acceptors (Lipinski definition) is 2. The third-order valence-electron chi connectivity index (χ3n) is 2.97. The number of aromatic amines is 1. The van der Waals surface area contributed by atoms with Crippen LogP contribution in [0.15, 0.2) is 48.9 Å². The van der Waals surface area contributed by atoms with Gasteiger partial charge in [-0.15, -0.1) is 0 Å². The first-order chi connectivity index (χ1) is 9.74. The fraction of sp³-hybridized carbons (Fsp3) is 0.118. The Labute approximate surface area is 117 Å². The van der Waals surface area contributed by atoms with Crippen LogP contribution in [0.3, 0.4) is 0 Å². The summed E-state index contributed by atoms with van der Waals surface area (Å²) in [6, 6.07) is 9.87. The summed E-state index contributed by atoms with van der Waals surface area (Å²) in [5.74, 6) is 0.527. The zero-order valence-corrected chi connectivity index (χ0v) is 11.4. The lowest BCUT2D eigenvalue weighted by atomic mass is 10.2. The number of allylic oxidation sites excluding steroid dienone is 1. The Morgan fingerprint density at radius 3 is 2.75 bits per heavy atom. The summed E-state index contributed by atoms with van der Waals surface area (Å²) in [4.78, 5) is 14.0. The van der Waals surface area contributed by atoms with Crippen LogP contribution < -0.4 is 10.6 Å². The maximum absolute atomic E-state index is 11.0. The molecule has 0 aliphatic heterocycles. The van der Waals surface area contributed by atoms with E-state index in [9.17, 15) is 4.79 Å². The first-order valence-electron chi connectivity index (χ1n) is 6.41. The van der Waals surface area contributed by atoms with Gasteiger partial charge in [0.05, 0.1) is 0 Å². The molecule has 1 aromatic carbocycles. The number of ether oxygens (including phenoxy) is 1. The summed E-state index contributed by atoms with van der Waals surface area (Å²) in [5.41, 5.74) is 1.68. The molecule has 3 nitrogen and oxygen atoms in total. The highest BCUT2D eigenvalue weighted by Gasteiger charge is 1.99. The molecule has 2 aromatic rings. The van der Waals surface area contributed by atoms with Crippen molar-refractivity contribution in [3.63, 3.8) is 0 Å². The Morgan fingerprint density at radius 2 is 2.10 bits per heavy atom. The molecule has 0 saturated carbocycles. The minimum Gasteiger partial charge on any atom is -0.490 e. The summed E-state index contributed by atoms with van der Waals surface area (Å²) in [6.07, 6.45) is 6.18. The van der Waals surface area contributed by atoms with Crippen LogP contribution in [0, 0.1) is 0 Å². The Balaban J connectivity index is 2.17. The van der Waals surface area contributed by atoms with Crippen LogP contribution in [-0.2, 0) is 11.3 Å². The fourth-order valence-electron chi connectivity index (χ4n) is 1.92. The average molecular weight is 267 g/mol. The van der Waals surface area contributed by atoms with Crippen LogP contribution in [0.5, 0.6) is 0 Å². The minimum atomic E-state index is 0.461. The van der Waals surface area contributed by atoms with Gasteiger partial charge in [-0.3, -0.25) is 4.79 Å². The highest BCUT2D eigenvalue weighted by atomic mass is 16.5. The van der Waals surface area contributed by atoms with Gasteiger partial charge < -0.3 is 9.72 Å². The van der Waals surface area contributed by atoms with E-state index in [1.54, 1.807) is 12.3 Å². The van der Waals surface area contributed by atoms with Gasteiger partial charge in [-0.05, 0) is 18.6 Å². The number of rotatable bonds is 5. The van der Waals surface area contributed by atoms with E-state index >= 15 is 0 Å². The standard InChI is InChI=1S/C17H17NO2/c1-3-17-16(15(11-19)10-18-17)9-13(2)20-12-14-7-5-4-6-8-14/h3-11,18H,2,12H2,1H3/b16-9-,17-3+. The fourth-order valence-corrected chi connectivity index (χ4v) is 1.92. The summed E-state index contributed by atoms with van der Waals surface area (Å²) < 4.78 is 5.61. The van der Waals surface area contributed by atoms with Crippen LogP contribution in [-0.4, -0.2) is 11.3 Å². The summed E-state index contributed by atoms with van der Waals surface area (Å²) in [6.45, 7) is 6.24. The molecule has 0 saturated heterocycles. The first-order valence-corrected chi connectivity index (χ1v) is 6.41. The monoisotopic (exact) mass is 267 g/mol. The zero-order chi connectivity index (χ0) is 14.4. The number of carbonyl (C=O) groups is 1. The molecular formula is C17H17NO2. The van der Waals surface area contributed by atoms with E-state index in [1.165, 1.54) is 0 Å². The maximum Gasteiger partial charge on any atom is 0.152 e. The molecule has 2 rings (SSSR count). The van der Waals surface area contributed by atoms with Gasteiger partial charge in [0.1, 0.15) is 12.4 Å². The van der Waals surface area contributed by atoms with E-state index in [4.69, 9.17) is 4.74 Å². The van der Waals surface area contributed by atoms with Crippen molar-refractivity contribution in [1.29, 1.82) is 0 Å². The van der Waals surface area contributed by atoms with E-state index in [-0.39, 0.29) is 0 Å². The second-order valence-corrected chi connectivity index (χ2v) is 4.36. The van der Waals surface area contributed by atoms with Gasteiger partial charge in [0.2, 0.25) is 0 Å². The van der Waals surface area contributed by atoms with Gasteiger partial charge in [0, 0.05) is 22.3 Å². The summed E-state index contributed by atoms with van der Waals surface area (Å²) in [5, 5.41) is 1.69. The number of nitrogens with one attached hydrogen (secondary N) is 1. The number of H-pyrrole nitrogens is 1. The average Bonchev–Trinajstić information content (AvgIpc) is 2.88. The largest absolute Gasteiger partial charge is 0.490 e. The lowest BCUT2D eigenvalue weighted by Crippen LogP contribution is -2.25. The number of aromatic nitrogens is 1. The second kappa shape index (κ2) is 6.57. The van der Waals surface area contributed by atoms with Crippen molar-refractivity contribution < 1.29 is 9.53 Å². The molecule has 0 radical (unpaired) electrons. The number of aldehydes is 1. The van der Waals surface area contributed by atoms with Gasteiger partial charge in [-0.2, -0.15) is 0 Å². The number of hydrogen-bond donors (Lipinski definition) is 1. The quantitative estimate of drug-likeness (QED) is 0.666. The maximum atomic E-state index is 11.0. The lowest BCUT2D eigenvalue weighted by Gasteiger charge is -2.05. The molecule has 0 aliphatic rings. The topological polar surface area (TPSA) is 42.1 Å². The van der Waals surface area contributed by atoms with Gasteiger partial charge in [-0.1, -0.05) is 43.0 Å². The molecule has 1 heterocycles. The van der Waals surface area contributed by atoms with Crippen molar-refractivity contribution in [3.8, 4) is 0 Å². The van der Waals surface area contributed by atoms with Crippen LogP contribution in [0.2, 0.25) is 0 Å². The van der Waals surface area contributed by atoms with Gasteiger partial charge in [0.25, 0.3) is 0 Å². The smallest absolute Gasteiger partial charge is 0.152 e. The van der Waals surface area contributed by atoms with Crippen molar-refractivity contribution in [1.82, 2.24) is 4.98 Å². The van der Waals surface area contributed by atoms with Crippen LogP contribution in [0.1, 0.15) is 22.8 Å². The Bertz CT molecular complexity index is 711. The molecule has 0 aliphatic carbocycles. The predicted molar refractivity (Wildman–Crippen MR) is 80.4 cm³/mol. The van der Waals surface area contributed by atoms with E-state index in [0.29, 0.717) is 17.9 Å². The predicted octanol–water partition coefficient (Wildman–Crippen LogP) is 2.14. The molecule has 0 bridgehead atoms. The Hall–Kier alpha value is -2.55. The molecule has 1 aromatic heterocycles. The van der Waals surface area contributed by atoms with E-state index < -0.39 is 0 Å². The van der Waals surface area contributed by atoms with E-state index in [0.717, 1.165) is 22.4 Å². The van der Waals surface area contributed by atoms with Crippen molar-refractivity contribution in [3.05, 3.63) is 70.6 Å². The van der Waals surface area contributed by atoms with Gasteiger partial charge in [-0.25, -0.2) is 0 Å². The summed E-state index contributed by atoms with van der Waals surface area (Å²) >= 11 is 0. The van der Waals surface area contributed by atoms with Crippen LogP contribution in [0.25, 0.3) is 12.2 Å². The van der Waals surface area contributed by atoms with Crippen LogP contribution >= 0.6 is 0 Å². The second-order valence-electron chi connectivity index (χ2n) is 4.36. The van der Waals surface area contributed by atoms with Crippen LogP contribution in [0.4, 0.5) is 0 Å². The van der Waals surface area contributed by atoms with Crippen molar-refractivity contribution in [2.45, 2.75) is 13.5 Å². The molecule has 0 unspecified atom stereocenters. The van der Waals surface area contributed by atoms with Crippen molar-refractivity contribution >= 4 is 18.4 Å². The third-order valence-corrected chi connectivity index (χ3v) is 2.97. The van der Waals surface area contributed by atoms with Crippen molar-refractivity contribution in [2.75, 3.05) is 0 Å². The van der Waals surface area contributed by atoms with Crippen molar-refractivity contribution in [2.24, 2.45) is 0 Å². The SMILES string of the molecule is C=C(/C=c1/c(C=O)c[nH]/c1=C/C)OCc1ccccc1.